The molecule has 26 heavy (non-hydrogen) atoms. The number of hydrogen-bond donors (Lipinski definition) is 1. The second-order valence-electron chi connectivity index (χ2n) is 6.27. The van der Waals surface area contributed by atoms with Crippen LogP contribution in [0.2, 0.25) is 0 Å². The van der Waals surface area contributed by atoms with Crippen molar-refractivity contribution in [3.63, 3.8) is 0 Å². The van der Waals surface area contributed by atoms with Gasteiger partial charge in [-0.2, -0.15) is 0 Å². The Morgan fingerprint density at radius 1 is 1.46 bits per heavy atom. The summed E-state index contributed by atoms with van der Waals surface area (Å²) < 4.78 is 34.5. The van der Waals surface area contributed by atoms with Gasteiger partial charge in [0.1, 0.15) is 0 Å². The molecule has 0 saturated heterocycles. The van der Waals surface area contributed by atoms with E-state index in [0.717, 1.165) is 23.4 Å². The molecule has 1 N–H and O–H groups in total. The molecule has 2 radical (unpaired) electrons. The second kappa shape index (κ2) is 7.18. The van der Waals surface area contributed by atoms with Gasteiger partial charge in [0.25, 0.3) is 0 Å². The molecule has 4 rings (SSSR count). The second-order valence-corrected chi connectivity index (χ2v) is 9.42. The third kappa shape index (κ3) is 3.59. The van der Waals surface area contributed by atoms with Crippen LogP contribution >= 0.6 is 11.3 Å². The summed E-state index contributed by atoms with van der Waals surface area (Å²) in [6.45, 7) is 1.96. The molecule has 10 heteroatoms. The Labute approximate surface area is 163 Å². The van der Waals surface area contributed by atoms with Gasteiger partial charge in [0.15, 0.2) is 0 Å². The van der Waals surface area contributed by atoms with Crippen LogP contribution in [-0.2, 0) is 0 Å². The average molecular weight is 482 g/mol. The zero-order valence-corrected chi connectivity index (χ0v) is 17.5. The summed E-state index contributed by atoms with van der Waals surface area (Å²) in [6, 6.07) is 0.0442. The molecule has 2 aromatic heterocycles. The minimum absolute atomic E-state index is 0.0442. The van der Waals surface area contributed by atoms with E-state index < -0.39 is 39.4 Å². The van der Waals surface area contributed by atoms with Gasteiger partial charge in [-0.1, -0.05) is 0 Å². The van der Waals surface area contributed by atoms with E-state index >= 15 is 0 Å². The van der Waals surface area contributed by atoms with E-state index in [9.17, 15) is 13.6 Å². The van der Waals surface area contributed by atoms with E-state index in [0.29, 0.717) is 5.92 Å². The van der Waals surface area contributed by atoms with Crippen LogP contribution in [0.25, 0.3) is 5.57 Å². The first kappa shape index (κ1) is 17.8. The fourth-order valence-electron chi connectivity index (χ4n) is 2.73. The Bertz CT molecular complexity index is 902. The first-order valence-electron chi connectivity index (χ1n) is 8.16. The molecule has 1 aliphatic carbocycles. The predicted octanol–water partition coefficient (Wildman–Crippen LogP) is 3.55. The molecule has 1 fully saturated rings. The van der Waals surface area contributed by atoms with Crippen LogP contribution in [0, 0.1) is 5.92 Å². The molecule has 0 bridgehead atoms. The fourth-order valence-corrected chi connectivity index (χ4v) is 5.63. The molecular formula is C16H15F2N5OSSn. The van der Waals surface area contributed by atoms with Gasteiger partial charge in [0.2, 0.25) is 0 Å². The molecule has 1 unspecified atom stereocenters. The van der Waals surface area contributed by atoms with Crippen molar-refractivity contribution in [2.45, 2.75) is 32.2 Å². The normalized spacial score (nSPS) is 17.6. The number of halogens is 2. The summed E-state index contributed by atoms with van der Waals surface area (Å²) in [4.78, 5) is 16.8. The number of alkyl halides is 2. The van der Waals surface area contributed by atoms with E-state index in [1.165, 1.54) is 22.2 Å². The first-order valence-corrected chi connectivity index (χ1v) is 12.0. The van der Waals surface area contributed by atoms with Crippen molar-refractivity contribution in [2.75, 3.05) is 5.32 Å². The van der Waals surface area contributed by atoms with Crippen LogP contribution < -0.4 is 5.32 Å². The monoisotopic (exact) mass is 483 g/mol. The van der Waals surface area contributed by atoms with Gasteiger partial charge in [-0.25, -0.2) is 0 Å². The van der Waals surface area contributed by atoms with Crippen molar-refractivity contribution in [2.24, 2.45) is 9.13 Å². The van der Waals surface area contributed by atoms with E-state index in [-0.39, 0.29) is 17.4 Å². The number of nitrogens with zero attached hydrogens (tertiary/aromatic N) is 4. The van der Waals surface area contributed by atoms with E-state index in [2.05, 4.69) is 22.7 Å². The molecule has 6 nitrogen and oxygen atoms in total. The van der Waals surface area contributed by atoms with Gasteiger partial charge in [-0.15, -0.1) is 0 Å². The summed E-state index contributed by atoms with van der Waals surface area (Å²) in [5.74, 6) is -0.0423. The molecule has 1 amide bonds. The Hall–Kier alpha value is -1.62. The maximum absolute atomic E-state index is 13.3. The standard InChI is InChI=1S/C16H15F2N5OS.Sn/c1-8(5-19)16-21-12(7-25-16)15(24)20-11-6-23(9(2)10-3-4-10)22-13(11)14(17)18;/h1,5-7,9-10,14H,3-4H2,2H3,(H,20,24);/q-1;+1. The quantitative estimate of drug-likeness (QED) is 0.641. The number of hydrogen-bond acceptors (Lipinski definition) is 5. The van der Waals surface area contributed by atoms with Crippen LogP contribution in [0.1, 0.15) is 53.4 Å². The maximum atomic E-state index is 13.3. The molecule has 1 aliphatic heterocycles. The molecular weight excluding hydrogens is 467 g/mol. The average Bonchev–Trinajstić information content (AvgIpc) is 3.05. The summed E-state index contributed by atoms with van der Waals surface area (Å²) in [5, 5.41) is 8.90. The molecule has 2 aromatic rings. The third-order valence-corrected chi connectivity index (χ3v) is 7.36. The summed E-state index contributed by atoms with van der Waals surface area (Å²) >= 11 is 0.540. The number of aromatic nitrogens is 3. The Morgan fingerprint density at radius 3 is 2.92 bits per heavy atom. The van der Waals surface area contributed by atoms with E-state index in [1.807, 2.05) is 6.92 Å². The third-order valence-electron chi connectivity index (χ3n) is 4.42. The zero-order valence-electron chi connectivity index (χ0n) is 13.8. The van der Waals surface area contributed by atoms with Crippen molar-refractivity contribution in [1.82, 2.24) is 14.8 Å². The van der Waals surface area contributed by atoms with Crippen molar-refractivity contribution < 1.29 is 13.6 Å². The van der Waals surface area contributed by atoms with Crippen molar-refractivity contribution in [3.05, 3.63) is 32.1 Å². The van der Waals surface area contributed by atoms with Gasteiger partial charge >= 0.3 is 150 Å². The molecule has 1 saturated carbocycles. The van der Waals surface area contributed by atoms with Crippen LogP contribution in [0.5, 0.6) is 0 Å². The predicted molar refractivity (Wildman–Crippen MR) is 96.9 cm³/mol. The molecule has 2 aliphatic rings. The van der Waals surface area contributed by atoms with E-state index in [4.69, 9.17) is 0 Å². The van der Waals surface area contributed by atoms with Crippen molar-refractivity contribution in [3.8, 4) is 0 Å². The van der Waals surface area contributed by atoms with Crippen LogP contribution in [0.3, 0.4) is 0 Å². The summed E-state index contributed by atoms with van der Waals surface area (Å²) in [7, 11) is 0. The van der Waals surface area contributed by atoms with Crippen molar-refractivity contribution in [1.29, 1.82) is 0 Å². The van der Waals surface area contributed by atoms with Gasteiger partial charge in [-0.05, 0) is 12.8 Å². The number of rotatable bonds is 6. The van der Waals surface area contributed by atoms with Gasteiger partial charge in [0, 0.05) is 0 Å². The molecule has 0 aromatic carbocycles. The minimum atomic E-state index is -2.75. The molecule has 0 spiro atoms. The van der Waals surface area contributed by atoms with Crippen LogP contribution in [0.15, 0.2) is 18.9 Å². The van der Waals surface area contributed by atoms with Crippen LogP contribution in [-0.4, -0.2) is 48.3 Å². The number of nitrogens with one attached hydrogen (secondary N) is 1. The number of carbonyl (C=O) groups excluding carboxylic acids is 1. The fraction of sp³-hybridized carbons (Fsp3) is 0.375. The number of thiazole rings is 1. The first-order chi connectivity index (χ1) is 12.5. The van der Waals surface area contributed by atoms with Gasteiger partial charge in [-0.3, -0.25) is 0 Å². The molecule has 134 valence electrons. The Kier molecular flexibility index (Phi) is 4.91. The summed E-state index contributed by atoms with van der Waals surface area (Å²) in [5.41, 5.74) is 0.793. The van der Waals surface area contributed by atoms with Gasteiger partial charge < -0.3 is 0 Å². The SMILES string of the molecule is CC(C1CC1)n1cc(NC(=O)c2csc(C3=[CH][Sn][N]=C3)n2)c(C(F)F)n1. The topological polar surface area (TPSA) is 72.2 Å². The molecule has 1 atom stereocenters. The number of anilines is 1. The van der Waals surface area contributed by atoms with E-state index in [1.54, 1.807) is 11.6 Å². The number of allylic oxidation sites excluding steroid dienone is 1. The zero-order chi connectivity index (χ0) is 18.3. The Balaban J connectivity index is 1.54. The molecule has 3 heterocycles. The van der Waals surface area contributed by atoms with Crippen LogP contribution in [0.4, 0.5) is 14.5 Å². The number of carbonyl (C=O) groups is 1. The Morgan fingerprint density at radius 2 is 2.27 bits per heavy atom. The van der Waals surface area contributed by atoms with Crippen molar-refractivity contribution >= 4 is 56.1 Å². The summed E-state index contributed by atoms with van der Waals surface area (Å²) in [6.07, 6.45) is 2.68. The van der Waals surface area contributed by atoms with Gasteiger partial charge in [0.05, 0.1) is 0 Å². The number of amides is 1.